The molecule has 0 saturated carbocycles. The summed E-state index contributed by atoms with van der Waals surface area (Å²) in [7, 11) is 4.97. The molecule has 1 amide bonds. The van der Waals surface area contributed by atoms with Gasteiger partial charge in [-0.15, -0.1) is 11.3 Å². The molecule has 1 heterocycles. The van der Waals surface area contributed by atoms with E-state index in [1.165, 1.54) is 16.2 Å². The SMILES string of the molecule is COc1ccc(NCc2cnc(Cl)s2)cc1C(=O)N(C)C. The summed E-state index contributed by atoms with van der Waals surface area (Å²) in [5.74, 6) is 0.455. The van der Waals surface area contributed by atoms with E-state index in [4.69, 9.17) is 16.3 Å². The predicted octanol–water partition coefficient (Wildman–Crippen LogP) is 3.12. The van der Waals surface area contributed by atoms with Crippen LogP contribution in [0.1, 0.15) is 15.2 Å². The van der Waals surface area contributed by atoms with E-state index in [-0.39, 0.29) is 5.91 Å². The lowest BCUT2D eigenvalue weighted by atomic mass is 10.1. The molecule has 0 radical (unpaired) electrons. The van der Waals surface area contributed by atoms with E-state index >= 15 is 0 Å². The van der Waals surface area contributed by atoms with Crippen molar-refractivity contribution in [2.75, 3.05) is 26.5 Å². The maximum absolute atomic E-state index is 12.1. The van der Waals surface area contributed by atoms with Crippen molar-refractivity contribution in [3.05, 3.63) is 39.3 Å². The number of benzene rings is 1. The van der Waals surface area contributed by atoms with E-state index in [2.05, 4.69) is 10.3 Å². The standard InChI is InChI=1S/C14H16ClN3O2S/c1-18(2)13(19)11-6-9(4-5-12(11)20-3)16-7-10-8-17-14(15)21-10/h4-6,8,16H,7H2,1-3H3. The summed E-state index contributed by atoms with van der Waals surface area (Å²) in [5, 5.41) is 3.25. The summed E-state index contributed by atoms with van der Waals surface area (Å²) in [6.45, 7) is 0.603. The van der Waals surface area contributed by atoms with Gasteiger partial charge in [0, 0.05) is 30.9 Å². The predicted molar refractivity (Wildman–Crippen MR) is 85.5 cm³/mol. The molecule has 0 bridgehead atoms. The van der Waals surface area contributed by atoms with Crippen LogP contribution in [0.15, 0.2) is 24.4 Å². The molecule has 0 spiro atoms. The number of methoxy groups -OCH3 is 1. The summed E-state index contributed by atoms with van der Waals surface area (Å²) in [4.78, 5) is 18.7. The Hall–Kier alpha value is -1.79. The van der Waals surface area contributed by atoms with Gasteiger partial charge in [0.2, 0.25) is 0 Å². The number of aromatic nitrogens is 1. The van der Waals surface area contributed by atoms with Gasteiger partial charge in [-0.25, -0.2) is 4.98 Å². The summed E-state index contributed by atoms with van der Waals surface area (Å²) < 4.78 is 5.76. The highest BCUT2D eigenvalue weighted by Crippen LogP contribution is 2.25. The van der Waals surface area contributed by atoms with Gasteiger partial charge in [-0.1, -0.05) is 11.6 Å². The number of hydrogen-bond donors (Lipinski definition) is 1. The molecule has 1 N–H and O–H groups in total. The van der Waals surface area contributed by atoms with Crippen molar-refractivity contribution in [3.8, 4) is 5.75 Å². The molecular formula is C14H16ClN3O2S. The van der Waals surface area contributed by atoms with Gasteiger partial charge in [0.25, 0.3) is 5.91 Å². The maximum Gasteiger partial charge on any atom is 0.257 e. The number of rotatable bonds is 5. The van der Waals surface area contributed by atoms with Crippen molar-refractivity contribution >= 4 is 34.5 Å². The first-order chi connectivity index (χ1) is 10.0. The molecule has 5 nitrogen and oxygen atoms in total. The lowest BCUT2D eigenvalue weighted by molar-refractivity contribution is 0.0824. The fourth-order valence-electron chi connectivity index (χ4n) is 1.78. The molecule has 7 heteroatoms. The van der Waals surface area contributed by atoms with Crippen LogP contribution >= 0.6 is 22.9 Å². The second kappa shape index (κ2) is 6.78. The zero-order valence-electron chi connectivity index (χ0n) is 12.0. The largest absolute Gasteiger partial charge is 0.496 e. The first-order valence-corrected chi connectivity index (χ1v) is 7.44. The fraction of sp³-hybridized carbons (Fsp3) is 0.286. The molecule has 0 fully saturated rings. The third-order valence-corrected chi connectivity index (χ3v) is 3.94. The Morgan fingerprint density at radius 1 is 1.48 bits per heavy atom. The van der Waals surface area contributed by atoms with Crippen LogP contribution in [0.5, 0.6) is 5.75 Å². The van der Waals surface area contributed by atoms with Gasteiger partial charge in [0.1, 0.15) is 5.75 Å². The molecular weight excluding hydrogens is 310 g/mol. The quantitative estimate of drug-likeness (QED) is 0.917. The average molecular weight is 326 g/mol. The molecule has 0 atom stereocenters. The van der Waals surface area contributed by atoms with E-state index in [9.17, 15) is 4.79 Å². The number of carbonyl (C=O) groups excluding carboxylic acids is 1. The normalized spacial score (nSPS) is 10.3. The topological polar surface area (TPSA) is 54.5 Å². The minimum atomic E-state index is -0.101. The Morgan fingerprint density at radius 3 is 2.81 bits per heavy atom. The Bertz CT molecular complexity index is 643. The second-order valence-electron chi connectivity index (χ2n) is 4.55. The highest BCUT2D eigenvalue weighted by atomic mass is 35.5. The van der Waals surface area contributed by atoms with Crippen molar-refractivity contribution in [2.45, 2.75) is 6.54 Å². The molecule has 112 valence electrons. The van der Waals surface area contributed by atoms with Crippen LogP contribution in [0, 0.1) is 0 Å². The number of carbonyl (C=O) groups is 1. The number of ether oxygens (including phenoxy) is 1. The number of nitrogens with zero attached hydrogens (tertiary/aromatic N) is 2. The Morgan fingerprint density at radius 2 is 2.24 bits per heavy atom. The highest BCUT2D eigenvalue weighted by Gasteiger charge is 2.15. The van der Waals surface area contributed by atoms with Gasteiger partial charge in [0.15, 0.2) is 4.47 Å². The minimum Gasteiger partial charge on any atom is -0.496 e. The Balaban J connectivity index is 2.17. The van der Waals surface area contributed by atoms with Crippen molar-refractivity contribution in [2.24, 2.45) is 0 Å². The van der Waals surface area contributed by atoms with E-state index in [1.807, 2.05) is 6.07 Å². The van der Waals surface area contributed by atoms with Crippen LogP contribution in [0.4, 0.5) is 5.69 Å². The fourth-order valence-corrected chi connectivity index (χ4v) is 2.70. The molecule has 0 aliphatic rings. The zero-order valence-corrected chi connectivity index (χ0v) is 13.6. The lowest BCUT2D eigenvalue weighted by Gasteiger charge is -2.15. The molecule has 2 rings (SSSR count). The third kappa shape index (κ3) is 3.86. The number of halogens is 1. The van der Waals surface area contributed by atoms with Crippen LogP contribution in [0.3, 0.4) is 0 Å². The van der Waals surface area contributed by atoms with Gasteiger partial charge < -0.3 is 15.0 Å². The van der Waals surface area contributed by atoms with Crippen molar-refractivity contribution in [1.29, 1.82) is 0 Å². The van der Waals surface area contributed by atoms with E-state index in [1.54, 1.807) is 39.5 Å². The molecule has 2 aromatic rings. The maximum atomic E-state index is 12.1. The van der Waals surface area contributed by atoms with Crippen LogP contribution in [0.2, 0.25) is 4.47 Å². The molecule has 0 aliphatic carbocycles. The van der Waals surface area contributed by atoms with Gasteiger partial charge in [-0.05, 0) is 18.2 Å². The Kier molecular flexibility index (Phi) is 5.03. The van der Waals surface area contributed by atoms with Crippen LogP contribution in [-0.4, -0.2) is 37.0 Å². The highest BCUT2D eigenvalue weighted by molar-refractivity contribution is 7.15. The van der Waals surface area contributed by atoms with Gasteiger partial charge in [-0.3, -0.25) is 4.79 Å². The van der Waals surface area contributed by atoms with Gasteiger partial charge in [0.05, 0.1) is 19.2 Å². The van der Waals surface area contributed by atoms with Crippen LogP contribution in [0.25, 0.3) is 0 Å². The summed E-state index contributed by atoms with van der Waals surface area (Å²) in [5.41, 5.74) is 1.36. The number of nitrogens with one attached hydrogen (secondary N) is 1. The van der Waals surface area contributed by atoms with E-state index < -0.39 is 0 Å². The number of thiazole rings is 1. The number of anilines is 1. The van der Waals surface area contributed by atoms with Crippen LogP contribution < -0.4 is 10.1 Å². The number of amides is 1. The second-order valence-corrected chi connectivity index (χ2v) is 6.25. The molecule has 1 aromatic heterocycles. The minimum absolute atomic E-state index is 0.101. The van der Waals surface area contributed by atoms with Gasteiger partial charge in [-0.2, -0.15) is 0 Å². The summed E-state index contributed by atoms with van der Waals surface area (Å²) >= 11 is 7.22. The van der Waals surface area contributed by atoms with E-state index in [0.717, 1.165) is 10.6 Å². The first-order valence-electron chi connectivity index (χ1n) is 6.25. The first kappa shape index (κ1) is 15.6. The van der Waals surface area contributed by atoms with Crippen LogP contribution in [-0.2, 0) is 6.54 Å². The van der Waals surface area contributed by atoms with Gasteiger partial charge >= 0.3 is 0 Å². The lowest BCUT2D eigenvalue weighted by Crippen LogP contribution is -2.22. The van der Waals surface area contributed by atoms with E-state index in [0.29, 0.717) is 22.3 Å². The Labute approximate surface area is 132 Å². The zero-order chi connectivity index (χ0) is 15.4. The van der Waals surface area contributed by atoms with Crippen molar-refractivity contribution in [3.63, 3.8) is 0 Å². The third-order valence-electron chi connectivity index (χ3n) is 2.83. The van der Waals surface area contributed by atoms with Crippen molar-refractivity contribution in [1.82, 2.24) is 9.88 Å². The van der Waals surface area contributed by atoms with Crippen molar-refractivity contribution < 1.29 is 9.53 Å². The molecule has 1 aromatic carbocycles. The smallest absolute Gasteiger partial charge is 0.257 e. The molecule has 0 saturated heterocycles. The molecule has 21 heavy (non-hydrogen) atoms. The monoisotopic (exact) mass is 325 g/mol. The summed E-state index contributed by atoms with van der Waals surface area (Å²) in [6, 6.07) is 5.43. The average Bonchev–Trinajstić information content (AvgIpc) is 2.89. The number of hydrogen-bond acceptors (Lipinski definition) is 5. The molecule has 0 aliphatic heterocycles. The molecule has 0 unspecified atom stereocenters. The summed E-state index contributed by atoms with van der Waals surface area (Å²) in [6.07, 6.45) is 1.73.